The fraction of sp³-hybridized carbons (Fsp3) is 0.158. The van der Waals surface area contributed by atoms with Gasteiger partial charge in [0, 0.05) is 0 Å². The van der Waals surface area contributed by atoms with Crippen LogP contribution in [0.15, 0.2) is 46.6 Å². The lowest BCUT2D eigenvalue weighted by Gasteiger charge is -2.14. The van der Waals surface area contributed by atoms with Crippen molar-refractivity contribution in [1.29, 1.82) is 0 Å². The van der Waals surface area contributed by atoms with Crippen LogP contribution in [0.4, 0.5) is 18.9 Å². The van der Waals surface area contributed by atoms with E-state index in [0.717, 1.165) is 21.7 Å². The minimum atomic E-state index is -4.62. The number of carbonyl (C=O) groups is 1. The number of hydrogen-bond acceptors (Lipinski definition) is 6. The molecule has 3 aromatic heterocycles. The number of thiophene rings is 1. The number of halogens is 3. The van der Waals surface area contributed by atoms with Crippen LogP contribution < -0.4 is 10.9 Å². The van der Waals surface area contributed by atoms with E-state index >= 15 is 0 Å². The first-order chi connectivity index (χ1) is 14.2. The first-order valence-corrected chi connectivity index (χ1v) is 10.3. The van der Waals surface area contributed by atoms with Gasteiger partial charge < -0.3 is 5.32 Å². The Morgan fingerprint density at radius 2 is 1.97 bits per heavy atom. The van der Waals surface area contributed by atoms with Crippen LogP contribution in [0.2, 0.25) is 0 Å². The average molecular weight is 450 g/mol. The van der Waals surface area contributed by atoms with Gasteiger partial charge in [-0.15, -0.1) is 22.7 Å². The molecule has 1 N–H and O–H groups in total. The fourth-order valence-corrected chi connectivity index (χ4v) is 4.60. The Morgan fingerprint density at radius 3 is 2.67 bits per heavy atom. The Bertz CT molecular complexity index is 1290. The molecule has 0 saturated heterocycles. The molecule has 6 nitrogen and oxygen atoms in total. The zero-order chi connectivity index (χ0) is 21.5. The maximum atomic E-state index is 13.2. The molecule has 0 unspecified atom stereocenters. The van der Waals surface area contributed by atoms with Crippen LogP contribution >= 0.6 is 22.7 Å². The van der Waals surface area contributed by atoms with E-state index in [2.05, 4.69) is 15.4 Å². The molecule has 154 valence electrons. The first kappa shape index (κ1) is 20.2. The van der Waals surface area contributed by atoms with Crippen molar-refractivity contribution in [3.8, 4) is 10.6 Å². The topological polar surface area (TPSA) is 76.9 Å². The van der Waals surface area contributed by atoms with E-state index in [-0.39, 0.29) is 11.2 Å². The quantitative estimate of drug-likeness (QED) is 0.495. The number of thiazole rings is 1. The van der Waals surface area contributed by atoms with Crippen molar-refractivity contribution in [1.82, 2.24) is 14.8 Å². The van der Waals surface area contributed by atoms with Gasteiger partial charge in [-0.2, -0.15) is 18.3 Å². The second kappa shape index (κ2) is 7.65. The maximum absolute atomic E-state index is 13.2. The average Bonchev–Trinajstić information content (AvgIpc) is 3.33. The van der Waals surface area contributed by atoms with Crippen LogP contribution in [0.5, 0.6) is 0 Å². The van der Waals surface area contributed by atoms with Crippen LogP contribution in [0.1, 0.15) is 10.6 Å². The highest BCUT2D eigenvalue weighted by Gasteiger charge is 2.33. The van der Waals surface area contributed by atoms with Crippen LogP contribution in [-0.2, 0) is 17.5 Å². The number of fused-ring (bicyclic) bond motifs is 1. The molecule has 0 fully saturated rings. The van der Waals surface area contributed by atoms with E-state index in [1.807, 2.05) is 17.5 Å². The summed E-state index contributed by atoms with van der Waals surface area (Å²) in [4.78, 5) is 30.3. The summed E-state index contributed by atoms with van der Waals surface area (Å²) in [6.45, 7) is 1.21. The monoisotopic (exact) mass is 450 g/mol. The van der Waals surface area contributed by atoms with Crippen LogP contribution in [0, 0.1) is 6.92 Å². The number of rotatable bonds is 4. The molecule has 0 spiro atoms. The van der Waals surface area contributed by atoms with E-state index in [1.165, 1.54) is 34.8 Å². The molecule has 1 amide bonds. The number of anilines is 1. The number of amides is 1. The summed E-state index contributed by atoms with van der Waals surface area (Å²) in [5, 5.41) is 9.06. The number of benzene rings is 1. The van der Waals surface area contributed by atoms with Gasteiger partial charge in [0.2, 0.25) is 5.91 Å². The van der Waals surface area contributed by atoms with Crippen molar-refractivity contribution < 1.29 is 18.0 Å². The van der Waals surface area contributed by atoms with Gasteiger partial charge in [-0.05, 0) is 30.5 Å². The Balaban J connectivity index is 1.71. The number of alkyl halides is 3. The summed E-state index contributed by atoms with van der Waals surface area (Å²) in [6.07, 6.45) is -4.62. The highest BCUT2D eigenvalue weighted by Crippen LogP contribution is 2.35. The standard InChI is InChI=1S/C19H13F3N4O2S2/c1-10-23-16-17(30-10)15(13-7-4-8-29-13)25-26(18(16)28)9-14(27)24-12-6-3-2-5-11(12)19(20,21)22/h2-8H,9H2,1H3,(H,24,27). The highest BCUT2D eigenvalue weighted by atomic mass is 32.1. The van der Waals surface area contributed by atoms with E-state index in [4.69, 9.17) is 0 Å². The molecule has 0 bridgehead atoms. The maximum Gasteiger partial charge on any atom is 0.418 e. The molecule has 0 aliphatic carbocycles. The predicted molar refractivity (Wildman–Crippen MR) is 110 cm³/mol. The molecule has 4 rings (SSSR count). The second-order valence-corrected chi connectivity index (χ2v) is 8.44. The number of aryl methyl sites for hydroxylation is 1. The van der Waals surface area contributed by atoms with Crippen molar-refractivity contribution in [2.24, 2.45) is 0 Å². The summed E-state index contributed by atoms with van der Waals surface area (Å²) in [5.41, 5.74) is -1.24. The first-order valence-electron chi connectivity index (χ1n) is 8.62. The lowest BCUT2D eigenvalue weighted by molar-refractivity contribution is -0.137. The van der Waals surface area contributed by atoms with Gasteiger partial charge >= 0.3 is 6.18 Å². The minimum Gasteiger partial charge on any atom is -0.324 e. The highest BCUT2D eigenvalue weighted by molar-refractivity contribution is 7.20. The Labute approximate surface area is 175 Å². The van der Waals surface area contributed by atoms with E-state index in [0.29, 0.717) is 15.4 Å². The van der Waals surface area contributed by atoms with E-state index in [1.54, 1.807) is 6.92 Å². The molecule has 3 heterocycles. The van der Waals surface area contributed by atoms with E-state index in [9.17, 15) is 22.8 Å². The van der Waals surface area contributed by atoms with Gasteiger partial charge in [0.05, 0.1) is 25.8 Å². The molecule has 11 heteroatoms. The van der Waals surface area contributed by atoms with Crippen molar-refractivity contribution >= 4 is 44.5 Å². The van der Waals surface area contributed by atoms with Crippen molar-refractivity contribution in [3.63, 3.8) is 0 Å². The third kappa shape index (κ3) is 3.85. The van der Waals surface area contributed by atoms with Crippen LogP contribution in [-0.4, -0.2) is 20.7 Å². The van der Waals surface area contributed by atoms with Crippen LogP contribution in [0.25, 0.3) is 20.8 Å². The fourth-order valence-electron chi connectivity index (χ4n) is 2.91. The van der Waals surface area contributed by atoms with E-state index < -0.39 is 29.8 Å². The van der Waals surface area contributed by atoms with Gasteiger partial charge in [-0.25, -0.2) is 9.67 Å². The van der Waals surface area contributed by atoms with Gasteiger partial charge in [0.1, 0.15) is 12.2 Å². The second-order valence-electron chi connectivity index (χ2n) is 6.29. The summed E-state index contributed by atoms with van der Waals surface area (Å²) in [6, 6.07) is 8.30. The molecule has 0 aliphatic heterocycles. The molecule has 0 aliphatic rings. The number of nitrogens with zero attached hydrogens (tertiary/aromatic N) is 3. The predicted octanol–water partition coefficient (Wildman–Crippen LogP) is 4.55. The minimum absolute atomic E-state index is 0.180. The number of carbonyl (C=O) groups excluding carboxylic acids is 1. The molecule has 0 atom stereocenters. The molecule has 0 saturated carbocycles. The lowest BCUT2D eigenvalue weighted by Crippen LogP contribution is -2.30. The van der Waals surface area contributed by atoms with Crippen molar-refractivity contribution in [2.45, 2.75) is 19.6 Å². The lowest BCUT2D eigenvalue weighted by atomic mass is 10.1. The molecular formula is C19H13F3N4O2S2. The van der Waals surface area contributed by atoms with Crippen LogP contribution in [0.3, 0.4) is 0 Å². The molecule has 1 aromatic carbocycles. The third-order valence-electron chi connectivity index (χ3n) is 4.16. The molecule has 4 aromatic rings. The Kier molecular flexibility index (Phi) is 5.16. The van der Waals surface area contributed by atoms with Gasteiger partial charge in [-0.3, -0.25) is 9.59 Å². The third-order valence-corrected chi connectivity index (χ3v) is 6.02. The largest absolute Gasteiger partial charge is 0.418 e. The summed E-state index contributed by atoms with van der Waals surface area (Å²) in [5.74, 6) is -0.801. The Morgan fingerprint density at radius 1 is 1.20 bits per heavy atom. The molecule has 0 radical (unpaired) electrons. The summed E-state index contributed by atoms with van der Waals surface area (Å²) in [7, 11) is 0. The number of aromatic nitrogens is 3. The summed E-state index contributed by atoms with van der Waals surface area (Å²) >= 11 is 2.74. The van der Waals surface area contributed by atoms with Crippen molar-refractivity contribution in [3.05, 3.63) is 62.7 Å². The zero-order valence-corrected chi connectivity index (χ0v) is 17.0. The SMILES string of the molecule is Cc1nc2c(=O)n(CC(=O)Nc3ccccc3C(F)(F)F)nc(-c3cccs3)c2s1. The van der Waals surface area contributed by atoms with Crippen molar-refractivity contribution in [2.75, 3.05) is 5.32 Å². The number of nitrogens with one attached hydrogen (secondary N) is 1. The Hall–Kier alpha value is -3.05. The number of para-hydroxylation sites is 1. The van der Waals surface area contributed by atoms with Gasteiger partial charge in [0.15, 0.2) is 5.52 Å². The molecular weight excluding hydrogens is 437 g/mol. The summed E-state index contributed by atoms with van der Waals surface area (Å²) < 4.78 is 41.0. The number of hydrogen-bond donors (Lipinski definition) is 1. The van der Waals surface area contributed by atoms with Gasteiger partial charge in [-0.1, -0.05) is 18.2 Å². The molecule has 30 heavy (non-hydrogen) atoms. The zero-order valence-electron chi connectivity index (χ0n) is 15.4. The normalized spacial score (nSPS) is 11.7. The smallest absolute Gasteiger partial charge is 0.324 e. The van der Waals surface area contributed by atoms with Gasteiger partial charge in [0.25, 0.3) is 5.56 Å².